The third-order valence-electron chi connectivity index (χ3n) is 5.05. The Morgan fingerprint density at radius 2 is 1.69 bits per heavy atom. The first-order valence-corrected chi connectivity index (χ1v) is 10.5. The van der Waals surface area contributed by atoms with Crippen molar-refractivity contribution in [1.82, 2.24) is 0 Å². The highest BCUT2D eigenvalue weighted by molar-refractivity contribution is 9.10. The summed E-state index contributed by atoms with van der Waals surface area (Å²) in [7, 11) is 0. The molecule has 4 aromatic rings. The van der Waals surface area contributed by atoms with E-state index in [-0.39, 0.29) is 16.7 Å². The van der Waals surface area contributed by atoms with Crippen LogP contribution in [0, 0.1) is 13.8 Å². The monoisotopic (exact) mass is 491 g/mol. The molecular formula is C25H18BrNO5. The van der Waals surface area contributed by atoms with Crippen LogP contribution in [0.15, 0.2) is 74.3 Å². The summed E-state index contributed by atoms with van der Waals surface area (Å²) in [5.74, 6) is -1.19. The Morgan fingerprint density at radius 1 is 0.969 bits per heavy atom. The third-order valence-corrected chi connectivity index (χ3v) is 5.54. The van der Waals surface area contributed by atoms with Crippen LogP contribution in [0.3, 0.4) is 0 Å². The SMILES string of the molecule is Cc1cc(C)c2oc(-c3ccc(C(=O)Nc4ccc(Br)cc4C(=O)O)cc3)cc(=O)c2c1. The van der Waals surface area contributed by atoms with Gasteiger partial charge in [-0.2, -0.15) is 0 Å². The van der Waals surface area contributed by atoms with E-state index < -0.39 is 11.9 Å². The van der Waals surface area contributed by atoms with E-state index in [1.54, 1.807) is 36.4 Å². The maximum absolute atomic E-state index is 12.6. The number of aryl methyl sites for hydroxylation is 2. The molecule has 3 aromatic carbocycles. The van der Waals surface area contributed by atoms with Crippen LogP contribution in [0.4, 0.5) is 5.69 Å². The minimum Gasteiger partial charge on any atom is -0.478 e. The molecule has 0 saturated carbocycles. The van der Waals surface area contributed by atoms with Gasteiger partial charge in [0.2, 0.25) is 0 Å². The number of amides is 1. The maximum Gasteiger partial charge on any atom is 0.337 e. The number of aromatic carboxylic acids is 1. The number of benzene rings is 3. The molecule has 0 spiro atoms. The molecule has 1 amide bonds. The van der Waals surface area contributed by atoms with Gasteiger partial charge in [0.25, 0.3) is 5.91 Å². The van der Waals surface area contributed by atoms with Crippen LogP contribution in [0.5, 0.6) is 0 Å². The van der Waals surface area contributed by atoms with Gasteiger partial charge in [-0.3, -0.25) is 9.59 Å². The van der Waals surface area contributed by atoms with E-state index in [9.17, 15) is 19.5 Å². The molecule has 0 atom stereocenters. The average Bonchev–Trinajstić information content (AvgIpc) is 2.75. The molecule has 4 rings (SSSR count). The van der Waals surface area contributed by atoms with Crippen LogP contribution in [0.25, 0.3) is 22.3 Å². The predicted octanol–water partition coefficient (Wildman–Crippen LogP) is 5.79. The molecule has 32 heavy (non-hydrogen) atoms. The van der Waals surface area contributed by atoms with Crippen molar-refractivity contribution in [2.45, 2.75) is 13.8 Å². The van der Waals surface area contributed by atoms with Crippen molar-refractivity contribution in [2.75, 3.05) is 5.32 Å². The van der Waals surface area contributed by atoms with E-state index in [1.807, 2.05) is 19.9 Å². The molecule has 1 heterocycles. The fourth-order valence-electron chi connectivity index (χ4n) is 3.53. The van der Waals surface area contributed by atoms with Gasteiger partial charge in [0.15, 0.2) is 5.43 Å². The van der Waals surface area contributed by atoms with Crippen molar-refractivity contribution in [3.8, 4) is 11.3 Å². The highest BCUT2D eigenvalue weighted by Gasteiger charge is 2.15. The second-order valence-electron chi connectivity index (χ2n) is 7.46. The lowest BCUT2D eigenvalue weighted by Crippen LogP contribution is -2.14. The van der Waals surface area contributed by atoms with E-state index in [0.29, 0.717) is 32.3 Å². The zero-order valence-corrected chi connectivity index (χ0v) is 18.8. The maximum atomic E-state index is 12.6. The molecule has 0 bridgehead atoms. The number of rotatable bonds is 4. The summed E-state index contributed by atoms with van der Waals surface area (Å²) in [5.41, 5.74) is 3.43. The number of hydrogen-bond donors (Lipinski definition) is 2. The molecule has 0 aliphatic carbocycles. The first kappa shape index (κ1) is 21.5. The molecule has 0 unspecified atom stereocenters. The lowest BCUT2D eigenvalue weighted by Gasteiger charge is -2.10. The van der Waals surface area contributed by atoms with Crippen molar-refractivity contribution in [3.63, 3.8) is 0 Å². The molecule has 160 valence electrons. The Morgan fingerprint density at radius 3 is 2.38 bits per heavy atom. The van der Waals surface area contributed by atoms with E-state index in [0.717, 1.165) is 11.1 Å². The molecule has 7 heteroatoms. The standard InChI is InChI=1S/C25H18BrNO5/c1-13-9-14(2)23-19(10-13)21(28)12-22(32-23)15-3-5-16(6-4-15)24(29)27-20-8-7-17(26)11-18(20)25(30)31/h3-12H,1-2H3,(H,27,29)(H,30,31). The first-order chi connectivity index (χ1) is 15.2. The number of fused-ring (bicyclic) bond motifs is 1. The smallest absolute Gasteiger partial charge is 0.337 e. The van der Waals surface area contributed by atoms with Gasteiger partial charge in [-0.05, 0) is 61.4 Å². The van der Waals surface area contributed by atoms with Crippen molar-refractivity contribution >= 4 is 44.5 Å². The van der Waals surface area contributed by atoms with Gasteiger partial charge in [0, 0.05) is 21.7 Å². The van der Waals surface area contributed by atoms with E-state index in [1.165, 1.54) is 18.2 Å². The van der Waals surface area contributed by atoms with Crippen LogP contribution >= 0.6 is 15.9 Å². The van der Waals surface area contributed by atoms with E-state index in [4.69, 9.17) is 4.42 Å². The van der Waals surface area contributed by atoms with Gasteiger partial charge in [0.1, 0.15) is 11.3 Å². The fraction of sp³-hybridized carbons (Fsp3) is 0.0800. The molecular weight excluding hydrogens is 474 g/mol. The van der Waals surface area contributed by atoms with Crippen LogP contribution < -0.4 is 10.7 Å². The van der Waals surface area contributed by atoms with E-state index >= 15 is 0 Å². The van der Waals surface area contributed by atoms with Gasteiger partial charge < -0.3 is 14.8 Å². The summed E-state index contributed by atoms with van der Waals surface area (Å²) in [5, 5.41) is 12.5. The Labute approximate surface area is 191 Å². The summed E-state index contributed by atoms with van der Waals surface area (Å²) in [6.07, 6.45) is 0. The number of carbonyl (C=O) groups excluding carboxylic acids is 1. The minimum atomic E-state index is -1.14. The van der Waals surface area contributed by atoms with Gasteiger partial charge in [-0.15, -0.1) is 0 Å². The fourth-order valence-corrected chi connectivity index (χ4v) is 3.90. The molecule has 0 aliphatic heterocycles. The van der Waals surface area contributed by atoms with Crippen molar-refractivity contribution in [1.29, 1.82) is 0 Å². The van der Waals surface area contributed by atoms with Crippen LogP contribution in [-0.4, -0.2) is 17.0 Å². The van der Waals surface area contributed by atoms with E-state index in [2.05, 4.69) is 21.2 Å². The number of carbonyl (C=O) groups is 2. The number of nitrogens with one attached hydrogen (secondary N) is 1. The lowest BCUT2D eigenvalue weighted by atomic mass is 10.1. The Balaban J connectivity index is 1.63. The number of anilines is 1. The average molecular weight is 492 g/mol. The summed E-state index contributed by atoms with van der Waals surface area (Å²) in [6, 6.07) is 16.3. The zero-order valence-electron chi connectivity index (χ0n) is 17.2. The van der Waals surface area contributed by atoms with Crippen molar-refractivity contribution in [3.05, 3.63) is 97.6 Å². The molecule has 0 aliphatic rings. The van der Waals surface area contributed by atoms with Crippen LogP contribution in [0.1, 0.15) is 31.8 Å². The second kappa shape index (κ2) is 8.43. The second-order valence-corrected chi connectivity index (χ2v) is 8.38. The quantitative estimate of drug-likeness (QED) is 0.376. The molecule has 0 fully saturated rings. The van der Waals surface area contributed by atoms with Crippen molar-refractivity contribution < 1.29 is 19.1 Å². The summed E-state index contributed by atoms with van der Waals surface area (Å²) < 4.78 is 6.59. The highest BCUT2D eigenvalue weighted by atomic mass is 79.9. The molecule has 0 saturated heterocycles. The summed E-state index contributed by atoms with van der Waals surface area (Å²) in [4.78, 5) is 36.7. The Kier molecular flexibility index (Phi) is 5.67. The molecule has 6 nitrogen and oxygen atoms in total. The number of carboxylic acids is 1. The Hall–Kier alpha value is -3.71. The number of carboxylic acid groups (broad SMARTS) is 1. The largest absolute Gasteiger partial charge is 0.478 e. The topological polar surface area (TPSA) is 96.6 Å². The third kappa shape index (κ3) is 4.20. The molecule has 1 aromatic heterocycles. The highest BCUT2D eigenvalue weighted by Crippen LogP contribution is 2.26. The summed E-state index contributed by atoms with van der Waals surface area (Å²) >= 11 is 3.23. The van der Waals surface area contributed by atoms with Gasteiger partial charge in [0.05, 0.1) is 16.6 Å². The minimum absolute atomic E-state index is 0.0205. The van der Waals surface area contributed by atoms with Gasteiger partial charge >= 0.3 is 5.97 Å². The molecule has 0 radical (unpaired) electrons. The van der Waals surface area contributed by atoms with Gasteiger partial charge in [-0.1, -0.05) is 34.1 Å². The number of hydrogen-bond acceptors (Lipinski definition) is 4. The lowest BCUT2D eigenvalue weighted by molar-refractivity contribution is 0.0698. The summed E-state index contributed by atoms with van der Waals surface area (Å²) in [6.45, 7) is 3.82. The van der Waals surface area contributed by atoms with Crippen LogP contribution in [0.2, 0.25) is 0 Å². The number of halogens is 1. The predicted molar refractivity (Wildman–Crippen MR) is 126 cm³/mol. The van der Waals surface area contributed by atoms with Crippen LogP contribution in [-0.2, 0) is 0 Å². The van der Waals surface area contributed by atoms with Gasteiger partial charge in [-0.25, -0.2) is 4.79 Å². The Bertz CT molecular complexity index is 1440. The van der Waals surface area contributed by atoms with Crippen molar-refractivity contribution in [2.24, 2.45) is 0 Å². The normalized spacial score (nSPS) is 10.8. The molecule has 2 N–H and O–H groups in total. The first-order valence-electron chi connectivity index (χ1n) is 9.72. The zero-order chi connectivity index (χ0) is 23.0.